The number of carbonyl (C=O) groups is 3. The molecule has 190 valence electrons. The van der Waals surface area contributed by atoms with Gasteiger partial charge in [0.05, 0.1) is 22.3 Å². The van der Waals surface area contributed by atoms with E-state index in [9.17, 15) is 22.8 Å². The molecule has 4 rings (SSSR count). The first-order valence-electron chi connectivity index (χ1n) is 10.7. The molecule has 1 saturated heterocycles. The molecule has 3 aromatic carbocycles. The number of imide groups is 2. The third kappa shape index (κ3) is 5.46. The lowest BCUT2D eigenvalue weighted by atomic mass is 10.1. The van der Waals surface area contributed by atoms with Crippen molar-refractivity contribution < 1.29 is 31.7 Å². The standard InChI is InChI=1S/C25H18Cl2N2O7S/c1-2-35-21-14-15(13-19(27)22(21)36-37(33,34)16-8-4-3-5-9-16)12-17-23(30)28-25(32)29(24(17)31)20-11-7-6-10-18(20)26/h3-14H,2H2,1H3,(H,28,30,32)/b17-12+. The first-order valence-corrected chi connectivity index (χ1v) is 12.9. The number of rotatable bonds is 7. The van der Waals surface area contributed by atoms with E-state index in [1.165, 1.54) is 42.5 Å². The Morgan fingerprint density at radius 1 is 0.946 bits per heavy atom. The van der Waals surface area contributed by atoms with Crippen LogP contribution in [0.4, 0.5) is 10.5 Å². The summed E-state index contributed by atoms with van der Waals surface area (Å²) < 4.78 is 36.3. The SMILES string of the molecule is CCOc1cc(/C=C2\C(=O)NC(=O)N(c3ccccc3Cl)C2=O)cc(Cl)c1OS(=O)(=O)c1ccccc1. The molecule has 0 aliphatic carbocycles. The van der Waals surface area contributed by atoms with Crippen LogP contribution in [0.1, 0.15) is 12.5 Å². The molecule has 1 heterocycles. The summed E-state index contributed by atoms with van der Waals surface area (Å²) in [4.78, 5) is 38.8. The summed E-state index contributed by atoms with van der Waals surface area (Å²) in [6.07, 6.45) is 1.19. The van der Waals surface area contributed by atoms with Crippen molar-refractivity contribution >= 4 is 62.9 Å². The van der Waals surface area contributed by atoms with Crippen LogP contribution in [-0.4, -0.2) is 32.9 Å². The van der Waals surface area contributed by atoms with Gasteiger partial charge in [-0.05, 0) is 55.0 Å². The van der Waals surface area contributed by atoms with Crippen molar-refractivity contribution in [1.29, 1.82) is 0 Å². The Labute approximate surface area is 222 Å². The first-order chi connectivity index (χ1) is 17.6. The maximum Gasteiger partial charge on any atom is 0.339 e. The number of ether oxygens (including phenoxy) is 1. The molecule has 1 aliphatic heterocycles. The number of anilines is 1. The van der Waals surface area contributed by atoms with Gasteiger partial charge in [-0.2, -0.15) is 8.42 Å². The molecule has 1 fully saturated rings. The normalized spacial score (nSPS) is 15.1. The van der Waals surface area contributed by atoms with Crippen LogP contribution in [0.3, 0.4) is 0 Å². The largest absolute Gasteiger partial charge is 0.490 e. The average molecular weight is 561 g/mol. The number of amides is 4. The molecule has 0 radical (unpaired) electrons. The predicted molar refractivity (Wildman–Crippen MR) is 137 cm³/mol. The number of carbonyl (C=O) groups excluding carboxylic acids is 3. The zero-order chi connectivity index (χ0) is 26.7. The molecule has 0 unspecified atom stereocenters. The summed E-state index contributed by atoms with van der Waals surface area (Å²) in [5, 5.41) is 2.08. The zero-order valence-electron chi connectivity index (χ0n) is 19.1. The van der Waals surface area contributed by atoms with Gasteiger partial charge in [-0.15, -0.1) is 0 Å². The van der Waals surface area contributed by atoms with Crippen LogP contribution < -0.4 is 19.1 Å². The minimum Gasteiger partial charge on any atom is -0.490 e. The zero-order valence-corrected chi connectivity index (χ0v) is 21.4. The van der Waals surface area contributed by atoms with Gasteiger partial charge in [0.25, 0.3) is 11.8 Å². The van der Waals surface area contributed by atoms with Gasteiger partial charge in [0.1, 0.15) is 10.5 Å². The molecule has 0 bridgehead atoms. The van der Waals surface area contributed by atoms with E-state index >= 15 is 0 Å². The Morgan fingerprint density at radius 3 is 2.30 bits per heavy atom. The Hall–Kier alpha value is -3.86. The van der Waals surface area contributed by atoms with Gasteiger partial charge in [0.15, 0.2) is 5.75 Å². The molecular formula is C25H18Cl2N2O7S. The highest BCUT2D eigenvalue weighted by atomic mass is 35.5. The topological polar surface area (TPSA) is 119 Å². The average Bonchev–Trinajstić information content (AvgIpc) is 2.85. The molecule has 4 amide bonds. The molecule has 3 aromatic rings. The second-order valence-electron chi connectivity index (χ2n) is 7.52. The van der Waals surface area contributed by atoms with Crippen molar-refractivity contribution in [2.24, 2.45) is 0 Å². The maximum atomic E-state index is 13.2. The third-order valence-corrected chi connectivity index (χ3v) is 6.90. The van der Waals surface area contributed by atoms with Gasteiger partial charge in [0.2, 0.25) is 5.75 Å². The molecule has 0 saturated carbocycles. The fraction of sp³-hybridized carbons (Fsp3) is 0.0800. The lowest BCUT2D eigenvalue weighted by Crippen LogP contribution is -2.54. The lowest BCUT2D eigenvalue weighted by molar-refractivity contribution is -0.122. The monoisotopic (exact) mass is 560 g/mol. The molecule has 37 heavy (non-hydrogen) atoms. The smallest absolute Gasteiger partial charge is 0.339 e. The number of halogens is 2. The van der Waals surface area contributed by atoms with Crippen molar-refractivity contribution in [3.8, 4) is 11.5 Å². The number of nitrogens with zero attached hydrogens (tertiary/aromatic N) is 1. The third-order valence-electron chi connectivity index (χ3n) is 5.06. The summed E-state index contributed by atoms with van der Waals surface area (Å²) in [6.45, 7) is 1.80. The van der Waals surface area contributed by atoms with Crippen LogP contribution in [0.5, 0.6) is 11.5 Å². The minimum atomic E-state index is -4.24. The lowest BCUT2D eigenvalue weighted by Gasteiger charge is -2.27. The van der Waals surface area contributed by atoms with E-state index in [0.717, 1.165) is 4.90 Å². The molecule has 1 N–H and O–H groups in total. The van der Waals surface area contributed by atoms with Crippen LogP contribution >= 0.6 is 23.2 Å². The Balaban J connectivity index is 1.74. The van der Waals surface area contributed by atoms with Crippen molar-refractivity contribution in [2.45, 2.75) is 11.8 Å². The molecule has 1 aliphatic rings. The Morgan fingerprint density at radius 2 is 1.62 bits per heavy atom. The van der Waals surface area contributed by atoms with E-state index in [0.29, 0.717) is 0 Å². The summed E-state index contributed by atoms with van der Waals surface area (Å²) in [5.41, 5.74) is -0.0820. The van der Waals surface area contributed by atoms with Crippen molar-refractivity contribution in [3.05, 3.63) is 87.9 Å². The van der Waals surface area contributed by atoms with Crippen molar-refractivity contribution in [1.82, 2.24) is 5.32 Å². The number of benzene rings is 3. The van der Waals surface area contributed by atoms with E-state index < -0.39 is 28.0 Å². The summed E-state index contributed by atoms with van der Waals surface area (Å²) in [5.74, 6) is -2.15. The van der Waals surface area contributed by atoms with E-state index in [2.05, 4.69) is 5.32 Å². The van der Waals surface area contributed by atoms with E-state index in [-0.39, 0.29) is 49.9 Å². The number of hydrogen-bond acceptors (Lipinski definition) is 7. The van der Waals surface area contributed by atoms with Crippen LogP contribution in [0.15, 0.2) is 77.2 Å². The molecule has 0 spiro atoms. The van der Waals surface area contributed by atoms with Gasteiger partial charge in [0, 0.05) is 0 Å². The van der Waals surface area contributed by atoms with Gasteiger partial charge in [-0.1, -0.05) is 53.5 Å². The predicted octanol–water partition coefficient (Wildman–Crippen LogP) is 4.83. The van der Waals surface area contributed by atoms with E-state index in [1.54, 1.807) is 37.3 Å². The summed E-state index contributed by atoms with van der Waals surface area (Å²) in [7, 11) is -4.24. The number of nitrogens with one attached hydrogen (secondary N) is 1. The second kappa shape index (κ2) is 10.6. The van der Waals surface area contributed by atoms with Crippen LogP contribution in [0.2, 0.25) is 10.0 Å². The second-order valence-corrected chi connectivity index (χ2v) is 9.88. The number of barbiturate groups is 1. The minimum absolute atomic E-state index is 0.0379. The number of para-hydroxylation sites is 1. The van der Waals surface area contributed by atoms with Crippen LogP contribution in [0, 0.1) is 0 Å². The number of hydrogen-bond donors (Lipinski definition) is 1. The van der Waals surface area contributed by atoms with Gasteiger partial charge in [-0.25, -0.2) is 9.69 Å². The fourth-order valence-corrected chi connectivity index (χ4v) is 4.94. The van der Waals surface area contributed by atoms with Gasteiger partial charge >= 0.3 is 16.1 Å². The highest BCUT2D eigenvalue weighted by Crippen LogP contribution is 2.39. The molecular weight excluding hydrogens is 543 g/mol. The Kier molecular flexibility index (Phi) is 7.53. The highest BCUT2D eigenvalue weighted by molar-refractivity contribution is 7.87. The van der Waals surface area contributed by atoms with E-state index in [4.69, 9.17) is 32.1 Å². The van der Waals surface area contributed by atoms with E-state index in [1.807, 2.05) is 0 Å². The Bertz CT molecular complexity index is 1540. The highest BCUT2D eigenvalue weighted by Gasteiger charge is 2.37. The van der Waals surface area contributed by atoms with Crippen LogP contribution in [-0.2, 0) is 19.7 Å². The van der Waals surface area contributed by atoms with Gasteiger partial charge in [-0.3, -0.25) is 14.9 Å². The quantitative estimate of drug-likeness (QED) is 0.250. The molecule has 0 aromatic heterocycles. The molecule has 12 heteroatoms. The summed E-state index contributed by atoms with van der Waals surface area (Å²) in [6, 6.07) is 15.3. The van der Waals surface area contributed by atoms with Gasteiger partial charge < -0.3 is 8.92 Å². The number of urea groups is 1. The van der Waals surface area contributed by atoms with Crippen molar-refractivity contribution in [3.63, 3.8) is 0 Å². The molecule has 9 nitrogen and oxygen atoms in total. The fourth-order valence-electron chi connectivity index (χ4n) is 3.44. The first kappa shape index (κ1) is 26.2. The summed E-state index contributed by atoms with van der Waals surface area (Å²) >= 11 is 12.5. The van der Waals surface area contributed by atoms with Crippen LogP contribution in [0.25, 0.3) is 6.08 Å². The maximum absolute atomic E-state index is 13.2. The van der Waals surface area contributed by atoms with Crippen molar-refractivity contribution in [2.75, 3.05) is 11.5 Å². The molecule has 0 atom stereocenters.